The van der Waals surface area contributed by atoms with Crippen molar-refractivity contribution in [3.05, 3.63) is 50.2 Å². The summed E-state index contributed by atoms with van der Waals surface area (Å²) in [5.74, 6) is 0.974. The number of hydrogen-bond acceptors (Lipinski definition) is 3. The van der Waals surface area contributed by atoms with Crippen LogP contribution in [0.3, 0.4) is 0 Å². The molecule has 0 aliphatic carbocycles. The van der Waals surface area contributed by atoms with Gasteiger partial charge in [0.15, 0.2) is 5.82 Å². The van der Waals surface area contributed by atoms with E-state index in [0.29, 0.717) is 21.0 Å². The summed E-state index contributed by atoms with van der Waals surface area (Å²) >= 11 is 2.06. The molecular weight excluding hydrogens is 379 g/mol. The molecule has 3 aromatic rings. The van der Waals surface area contributed by atoms with Gasteiger partial charge in [-0.05, 0) is 47.1 Å². The Morgan fingerprint density at radius 3 is 2.86 bits per heavy atom. The molecule has 0 aromatic carbocycles. The van der Waals surface area contributed by atoms with Crippen LogP contribution in [0.1, 0.15) is 19.5 Å². The molecule has 0 amide bonds. The van der Waals surface area contributed by atoms with Gasteiger partial charge in [-0.25, -0.2) is 9.97 Å². The second-order valence-electron chi connectivity index (χ2n) is 5.37. The number of aromatic nitrogens is 4. The van der Waals surface area contributed by atoms with E-state index in [0.717, 1.165) is 17.8 Å². The number of fused-ring (bicyclic) bond motifs is 1. The smallest absolute Gasteiger partial charge is 0.264 e. The number of nitrogens with one attached hydrogen (secondary N) is 1. The predicted octanol–water partition coefficient (Wildman–Crippen LogP) is 2.89. The van der Waals surface area contributed by atoms with Crippen molar-refractivity contribution in [2.45, 2.75) is 20.3 Å². The van der Waals surface area contributed by atoms with E-state index >= 15 is 0 Å². The van der Waals surface area contributed by atoms with Crippen LogP contribution in [0.25, 0.3) is 17.2 Å². The first-order valence-electron chi connectivity index (χ1n) is 6.77. The van der Waals surface area contributed by atoms with E-state index in [1.54, 1.807) is 0 Å². The first-order chi connectivity index (χ1) is 10.0. The van der Waals surface area contributed by atoms with Crippen LogP contribution in [-0.4, -0.2) is 19.4 Å². The number of halogens is 1. The quantitative estimate of drug-likeness (QED) is 0.695. The number of pyridine rings is 1. The van der Waals surface area contributed by atoms with Crippen LogP contribution >= 0.6 is 22.6 Å². The molecule has 0 bridgehead atoms. The second kappa shape index (κ2) is 5.59. The Morgan fingerprint density at radius 1 is 1.33 bits per heavy atom. The highest BCUT2D eigenvalue weighted by Gasteiger charge is 2.13. The maximum Gasteiger partial charge on any atom is 0.264 e. The van der Waals surface area contributed by atoms with Crippen LogP contribution in [0.2, 0.25) is 0 Å². The lowest BCUT2D eigenvalue weighted by molar-refractivity contribution is 0.631. The fourth-order valence-corrected chi connectivity index (χ4v) is 2.67. The van der Waals surface area contributed by atoms with E-state index in [2.05, 4.69) is 51.4 Å². The summed E-state index contributed by atoms with van der Waals surface area (Å²) in [7, 11) is 0. The minimum absolute atomic E-state index is 0.103. The molecule has 0 saturated heterocycles. The molecule has 0 fully saturated rings. The summed E-state index contributed by atoms with van der Waals surface area (Å²) in [6.07, 6.45) is 4.58. The van der Waals surface area contributed by atoms with Crippen LogP contribution in [0, 0.1) is 9.49 Å². The summed E-state index contributed by atoms with van der Waals surface area (Å²) in [5.41, 5.74) is 2.24. The maximum atomic E-state index is 12.1. The number of nitrogens with zero attached hydrogens (tertiary/aromatic N) is 3. The molecule has 0 aliphatic rings. The van der Waals surface area contributed by atoms with Gasteiger partial charge in [0, 0.05) is 12.4 Å². The molecule has 108 valence electrons. The van der Waals surface area contributed by atoms with Crippen LogP contribution in [0.5, 0.6) is 0 Å². The normalized spacial score (nSPS) is 11.4. The first-order valence-corrected chi connectivity index (χ1v) is 7.85. The van der Waals surface area contributed by atoms with Crippen molar-refractivity contribution < 1.29 is 0 Å². The van der Waals surface area contributed by atoms with Crippen molar-refractivity contribution in [2.75, 3.05) is 0 Å². The molecular formula is C15H15IN4O. The van der Waals surface area contributed by atoms with Gasteiger partial charge in [0.2, 0.25) is 0 Å². The van der Waals surface area contributed by atoms with E-state index in [9.17, 15) is 4.79 Å². The maximum absolute atomic E-state index is 12.1. The number of imidazole rings is 1. The Morgan fingerprint density at radius 2 is 2.14 bits per heavy atom. The highest BCUT2D eigenvalue weighted by molar-refractivity contribution is 14.1. The summed E-state index contributed by atoms with van der Waals surface area (Å²) in [6.45, 7) is 4.23. The SMILES string of the molecule is CC(C)Cc1nc(-c2cn3ccccc3n2)[nH]c(=O)c1I. The average molecular weight is 394 g/mol. The van der Waals surface area contributed by atoms with Crippen molar-refractivity contribution in [1.82, 2.24) is 19.4 Å². The zero-order valence-corrected chi connectivity index (χ0v) is 14.0. The number of hydrogen-bond donors (Lipinski definition) is 1. The van der Waals surface area contributed by atoms with Gasteiger partial charge in [0.05, 0.1) is 9.26 Å². The molecule has 1 N–H and O–H groups in total. The molecule has 21 heavy (non-hydrogen) atoms. The van der Waals surface area contributed by atoms with E-state index in [1.165, 1.54) is 0 Å². The van der Waals surface area contributed by atoms with Crippen LogP contribution < -0.4 is 5.56 Å². The highest BCUT2D eigenvalue weighted by Crippen LogP contribution is 2.17. The van der Waals surface area contributed by atoms with Crippen molar-refractivity contribution >= 4 is 28.2 Å². The molecule has 3 heterocycles. The Balaban J connectivity index is 2.13. The molecule has 5 nitrogen and oxygen atoms in total. The van der Waals surface area contributed by atoms with E-state index in [4.69, 9.17) is 0 Å². The Hall–Kier alpha value is -1.70. The third kappa shape index (κ3) is 2.85. The van der Waals surface area contributed by atoms with Gasteiger partial charge in [-0.2, -0.15) is 0 Å². The molecule has 3 aromatic heterocycles. The van der Waals surface area contributed by atoms with Crippen LogP contribution in [-0.2, 0) is 6.42 Å². The van der Waals surface area contributed by atoms with Crippen LogP contribution in [0.4, 0.5) is 0 Å². The van der Waals surface area contributed by atoms with Crippen molar-refractivity contribution in [2.24, 2.45) is 5.92 Å². The Bertz CT molecular complexity index is 817. The van der Waals surface area contributed by atoms with Crippen molar-refractivity contribution in [3.63, 3.8) is 0 Å². The summed E-state index contributed by atoms with van der Waals surface area (Å²) in [4.78, 5) is 24.0. The van der Waals surface area contributed by atoms with Crippen molar-refractivity contribution in [3.8, 4) is 11.5 Å². The van der Waals surface area contributed by atoms with Gasteiger partial charge >= 0.3 is 0 Å². The Labute approximate surface area is 135 Å². The van der Waals surface area contributed by atoms with Gasteiger partial charge in [-0.1, -0.05) is 19.9 Å². The molecule has 6 heteroatoms. The molecule has 0 radical (unpaired) electrons. The minimum Gasteiger partial charge on any atom is -0.306 e. The monoisotopic (exact) mass is 394 g/mol. The lowest BCUT2D eigenvalue weighted by Crippen LogP contribution is -2.17. The standard InChI is InChI=1S/C15H15IN4O/c1-9(2)7-10-13(16)15(21)19-14(18-10)11-8-20-6-4-3-5-12(20)17-11/h3-6,8-9H,7H2,1-2H3,(H,18,19,21). The fourth-order valence-electron chi connectivity index (χ4n) is 2.20. The lowest BCUT2D eigenvalue weighted by Gasteiger charge is -2.07. The molecule has 0 saturated carbocycles. The summed E-state index contributed by atoms with van der Waals surface area (Å²) < 4.78 is 2.57. The van der Waals surface area contributed by atoms with Gasteiger partial charge < -0.3 is 9.38 Å². The second-order valence-corrected chi connectivity index (χ2v) is 6.44. The molecule has 0 spiro atoms. The summed E-state index contributed by atoms with van der Waals surface area (Å²) in [5, 5.41) is 0. The molecule has 3 rings (SSSR count). The van der Waals surface area contributed by atoms with Gasteiger partial charge in [-0.3, -0.25) is 4.79 Å². The zero-order valence-electron chi connectivity index (χ0n) is 11.8. The Kier molecular flexibility index (Phi) is 3.79. The number of H-pyrrole nitrogens is 1. The van der Waals surface area contributed by atoms with E-state index in [-0.39, 0.29) is 5.56 Å². The fraction of sp³-hybridized carbons (Fsp3) is 0.267. The largest absolute Gasteiger partial charge is 0.306 e. The third-order valence-corrected chi connectivity index (χ3v) is 4.25. The zero-order chi connectivity index (χ0) is 15.0. The van der Waals surface area contributed by atoms with Crippen molar-refractivity contribution in [1.29, 1.82) is 0 Å². The number of rotatable bonds is 3. The van der Waals surface area contributed by atoms with E-state index < -0.39 is 0 Å². The average Bonchev–Trinajstić information content (AvgIpc) is 2.87. The third-order valence-electron chi connectivity index (χ3n) is 3.14. The van der Waals surface area contributed by atoms with Gasteiger partial charge in [-0.15, -0.1) is 0 Å². The predicted molar refractivity (Wildman–Crippen MR) is 90.3 cm³/mol. The molecule has 0 atom stereocenters. The summed E-state index contributed by atoms with van der Waals surface area (Å²) in [6, 6.07) is 5.79. The first kappa shape index (κ1) is 14.2. The van der Waals surface area contributed by atoms with Crippen LogP contribution in [0.15, 0.2) is 35.4 Å². The molecule has 0 aliphatic heterocycles. The number of aromatic amines is 1. The topological polar surface area (TPSA) is 63.1 Å². The highest BCUT2D eigenvalue weighted by atomic mass is 127. The van der Waals surface area contributed by atoms with Gasteiger partial charge in [0.25, 0.3) is 5.56 Å². The lowest BCUT2D eigenvalue weighted by atomic mass is 10.1. The van der Waals surface area contributed by atoms with E-state index in [1.807, 2.05) is 35.0 Å². The molecule has 0 unspecified atom stereocenters. The van der Waals surface area contributed by atoms with Gasteiger partial charge in [0.1, 0.15) is 11.3 Å². The minimum atomic E-state index is -0.103.